The normalized spacial score (nSPS) is 17.5. The van der Waals surface area contributed by atoms with E-state index in [4.69, 9.17) is 23.2 Å². The molecule has 1 aromatic carbocycles. The lowest BCUT2D eigenvalue weighted by Crippen LogP contribution is -2.39. The number of carbonyl (C=O) groups excluding carboxylic acids is 1. The second-order valence-electron chi connectivity index (χ2n) is 5.66. The summed E-state index contributed by atoms with van der Waals surface area (Å²) in [6.45, 7) is 1.12. The van der Waals surface area contributed by atoms with Crippen LogP contribution >= 0.6 is 23.2 Å². The molecule has 4 nitrogen and oxygen atoms in total. The van der Waals surface area contributed by atoms with Crippen molar-refractivity contribution in [3.05, 3.63) is 27.7 Å². The fourth-order valence-electron chi connectivity index (χ4n) is 1.85. The molecule has 0 radical (unpaired) electrons. The Morgan fingerprint density at radius 3 is 2.26 bits per heavy atom. The summed E-state index contributed by atoms with van der Waals surface area (Å²) in [6.07, 6.45) is -2.78. The topological polar surface area (TPSA) is 61.4 Å². The van der Waals surface area contributed by atoms with Crippen molar-refractivity contribution in [3.63, 3.8) is 0 Å². The third kappa shape index (κ3) is 4.22. The van der Waals surface area contributed by atoms with Crippen molar-refractivity contribution in [2.24, 2.45) is 5.92 Å². The van der Waals surface area contributed by atoms with Crippen molar-refractivity contribution in [2.45, 2.75) is 31.5 Å². The maximum absolute atomic E-state index is 12.9. The Morgan fingerprint density at radius 1 is 1.30 bits per heavy atom. The van der Waals surface area contributed by atoms with E-state index in [-0.39, 0.29) is 15.7 Å². The number of aliphatic hydroxyl groups is 1. The van der Waals surface area contributed by atoms with Gasteiger partial charge in [0, 0.05) is 6.54 Å². The van der Waals surface area contributed by atoms with Crippen molar-refractivity contribution >= 4 is 34.9 Å². The summed E-state index contributed by atoms with van der Waals surface area (Å²) in [4.78, 5) is 11.7. The highest BCUT2D eigenvalue weighted by Gasteiger charge is 2.51. The van der Waals surface area contributed by atoms with Gasteiger partial charge in [0.25, 0.3) is 0 Å². The van der Waals surface area contributed by atoms with Crippen LogP contribution in [-0.2, 0) is 5.60 Å². The van der Waals surface area contributed by atoms with E-state index in [1.807, 2.05) is 0 Å². The maximum Gasteiger partial charge on any atom is 0.421 e. The van der Waals surface area contributed by atoms with E-state index in [2.05, 4.69) is 10.6 Å². The Hall–Kier alpha value is -1.18. The number of carbonyl (C=O) groups is 1. The Bertz CT molecular complexity index is 594. The Labute approximate surface area is 141 Å². The first-order valence-corrected chi connectivity index (χ1v) is 7.61. The Morgan fingerprint density at radius 2 is 1.83 bits per heavy atom. The number of rotatable bonds is 4. The molecule has 2 amide bonds. The zero-order valence-corrected chi connectivity index (χ0v) is 13.6. The molecule has 9 heteroatoms. The van der Waals surface area contributed by atoms with E-state index in [0.717, 1.165) is 25.0 Å². The third-order valence-corrected chi connectivity index (χ3v) is 4.24. The monoisotopic (exact) mass is 370 g/mol. The SMILES string of the molecule is CC(O)(c1cc(Cl)c(NC(=O)NCC2CC2)c(Cl)c1)C(F)(F)F. The molecule has 0 bridgehead atoms. The van der Waals surface area contributed by atoms with Gasteiger partial charge in [0.2, 0.25) is 0 Å². The van der Waals surface area contributed by atoms with Gasteiger partial charge >= 0.3 is 12.2 Å². The van der Waals surface area contributed by atoms with Crippen LogP contribution in [0.1, 0.15) is 25.3 Å². The van der Waals surface area contributed by atoms with Crippen LogP contribution in [0.25, 0.3) is 0 Å². The van der Waals surface area contributed by atoms with E-state index < -0.39 is 23.4 Å². The molecule has 2 rings (SSSR count). The van der Waals surface area contributed by atoms with Crippen LogP contribution in [0, 0.1) is 5.92 Å². The molecular weight excluding hydrogens is 356 g/mol. The van der Waals surface area contributed by atoms with Crippen LogP contribution in [0.4, 0.5) is 23.7 Å². The molecule has 1 aromatic rings. The summed E-state index contributed by atoms with van der Waals surface area (Å²) in [5.74, 6) is 0.468. The number of halogens is 5. The Balaban J connectivity index is 2.18. The molecule has 1 aliphatic rings. The number of urea groups is 1. The summed E-state index contributed by atoms with van der Waals surface area (Å²) in [5, 5.41) is 14.3. The van der Waals surface area contributed by atoms with Gasteiger partial charge in [-0.05, 0) is 43.4 Å². The highest BCUT2D eigenvalue weighted by molar-refractivity contribution is 6.39. The molecule has 0 spiro atoms. The van der Waals surface area contributed by atoms with Gasteiger partial charge in [0.1, 0.15) is 0 Å². The molecular formula is C14H15Cl2F3N2O2. The molecule has 1 atom stereocenters. The van der Waals surface area contributed by atoms with Gasteiger partial charge in [-0.2, -0.15) is 13.2 Å². The van der Waals surface area contributed by atoms with Gasteiger partial charge in [-0.15, -0.1) is 0 Å². The van der Waals surface area contributed by atoms with Crippen LogP contribution in [0.15, 0.2) is 12.1 Å². The molecule has 0 aromatic heterocycles. The molecule has 1 aliphatic carbocycles. The van der Waals surface area contributed by atoms with Crippen molar-refractivity contribution in [2.75, 3.05) is 11.9 Å². The van der Waals surface area contributed by atoms with Crippen LogP contribution in [0.2, 0.25) is 10.0 Å². The van der Waals surface area contributed by atoms with Gasteiger partial charge in [-0.25, -0.2) is 4.79 Å². The van der Waals surface area contributed by atoms with E-state index in [1.165, 1.54) is 0 Å². The second-order valence-corrected chi connectivity index (χ2v) is 6.48. The summed E-state index contributed by atoms with van der Waals surface area (Å²) in [6, 6.07) is 1.31. The fourth-order valence-corrected chi connectivity index (χ4v) is 2.44. The van der Waals surface area contributed by atoms with Gasteiger partial charge < -0.3 is 15.7 Å². The van der Waals surface area contributed by atoms with Gasteiger partial charge in [-0.1, -0.05) is 23.2 Å². The standard InChI is InChI=1S/C14H15Cl2F3N2O2/c1-13(23,14(17,18)19)8-4-9(15)11(10(16)5-8)21-12(22)20-6-7-2-3-7/h4-5,7,23H,2-3,6H2,1H3,(H2,20,21,22). The summed E-state index contributed by atoms with van der Waals surface area (Å²) in [7, 11) is 0. The molecule has 0 heterocycles. The Kier molecular flexibility index (Phi) is 5.03. The first kappa shape index (κ1) is 18.2. The van der Waals surface area contributed by atoms with Crippen molar-refractivity contribution in [1.82, 2.24) is 5.32 Å². The van der Waals surface area contributed by atoms with Crippen LogP contribution < -0.4 is 10.6 Å². The highest BCUT2D eigenvalue weighted by Crippen LogP contribution is 2.42. The van der Waals surface area contributed by atoms with E-state index in [1.54, 1.807) is 0 Å². The minimum atomic E-state index is -4.89. The molecule has 128 valence electrons. The predicted octanol–water partition coefficient (Wildman–Crippen LogP) is 4.29. The van der Waals surface area contributed by atoms with Gasteiger partial charge in [0.05, 0.1) is 15.7 Å². The zero-order valence-electron chi connectivity index (χ0n) is 12.1. The molecule has 23 heavy (non-hydrogen) atoms. The zero-order chi connectivity index (χ0) is 17.4. The first-order chi connectivity index (χ1) is 10.5. The van der Waals surface area contributed by atoms with Crippen LogP contribution in [0.3, 0.4) is 0 Å². The van der Waals surface area contributed by atoms with Gasteiger partial charge in [0.15, 0.2) is 5.60 Å². The largest absolute Gasteiger partial charge is 0.421 e. The summed E-state index contributed by atoms with van der Waals surface area (Å²) < 4.78 is 38.6. The number of benzene rings is 1. The molecule has 0 saturated heterocycles. The number of amides is 2. The van der Waals surface area contributed by atoms with Crippen LogP contribution in [-0.4, -0.2) is 23.9 Å². The quantitative estimate of drug-likeness (QED) is 0.739. The molecule has 0 aliphatic heterocycles. The lowest BCUT2D eigenvalue weighted by molar-refractivity contribution is -0.258. The highest BCUT2D eigenvalue weighted by atomic mass is 35.5. The van der Waals surface area contributed by atoms with E-state index in [9.17, 15) is 23.1 Å². The molecule has 1 fully saturated rings. The number of hydrogen-bond donors (Lipinski definition) is 3. The number of alkyl halides is 3. The summed E-state index contributed by atoms with van der Waals surface area (Å²) in [5.41, 5.74) is -3.63. The molecule has 1 saturated carbocycles. The molecule has 3 N–H and O–H groups in total. The smallest absolute Gasteiger partial charge is 0.376 e. The molecule has 1 unspecified atom stereocenters. The number of anilines is 1. The summed E-state index contributed by atoms with van der Waals surface area (Å²) >= 11 is 11.8. The van der Waals surface area contributed by atoms with Crippen molar-refractivity contribution < 1.29 is 23.1 Å². The lowest BCUT2D eigenvalue weighted by atomic mass is 9.95. The predicted molar refractivity (Wildman–Crippen MR) is 81.8 cm³/mol. The number of hydrogen-bond acceptors (Lipinski definition) is 2. The van der Waals surface area contributed by atoms with Crippen molar-refractivity contribution in [1.29, 1.82) is 0 Å². The minimum absolute atomic E-state index is 0.0108. The van der Waals surface area contributed by atoms with Gasteiger partial charge in [-0.3, -0.25) is 0 Å². The first-order valence-electron chi connectivity index (χ1n) is 6.86. The van der Waals surface area contributed by atoms with E-state index in [0.29, 0.717) is 19.4 Å². The third-order valence-electron chi connectivity index (χ3n) is 3.64. The lowest BCUT2D eigenvalue weighted by Gasteiger charge is -2.27. The average molecular weight is 371 g/mol. The van der Waals surface area contributed by atoms with E-state index >= 15 is 0 Å². The average Bonchev–Trinajstić information content (AvgIpc) is 3.23. The minimum Gasteiger partial charge on any atom is -0.376 e. The fraction of sp³-hybridized carbons (Fsp3) is 0.500. The van der Waals surface area contributed by atoms with Crippen LogP contribution in [0.5, 0.6) is 0 Å². The number of nitrogens with one attached hydrogen (secondary N) is 2. The maximum atomic E-state index is 12.9. The second kappa shape index (κ2) is 6.37. The van der Waals surface area contributed by atoms with Crippen molar-refractivity contribution in [3.8, 4) is 0 Å².